The zero-order valence-corrected chi connectivity index (χ0v) is 12.7. The van der Waals surface area contributed by atoms with Crippen LogP contribution in [0.15, 0.2) is 36.7 Å². The quantitative estimate of drug-likeness (QED) is 0.948. The van der Waals surface area contributed by atoms with E-state index in [-0.39, 0.29) is 6.10 Å². The van der Waals surface area contributed by atoms with Gasteiger partial charge in [0, 0.05) is 29.9 Å². The number of halogens is 1. The summed E-state index contributed by atoms with van der Waals surface area (Å²) in [6.07, 6.45) is 6.66. The first-order chi connectivity index (χ1) is 10.2. The lowest BCUT2D eigenvalue weighted by Gasteiger charge is -2.18. The first kappa shape index (κ1) is 14.6. The fraction of sp³-hybridized carbons (Fsp3) is 0.438. The summed E-state index contributed by atoms with van der Waals surface area (Å²) in [7, 11) is 0. The molecule has 0 amide bonds. The minimum absolute atomic E-state index is 0.135. The SMILES string of the molecule is O[C@@H]1CCCN(Cc2cnn(-c3cccc(Cl)c3)c2)CC1. The summed E-state index contributed by atoms with van der Waals surface area (Å²) in [6.45, 7) is 2.87. The summed E-state index contributed by atoms with van der Waals surface area (Å²) in [4.78, 5) is 2.38. The largest absolute Gasteiger partial charge is 0.393 e. The average Bonchev–Trinajstić information content (AvgIpc) is 2.83. The Morgan fingerprint density at radius 2 is 2.19 bits per heavy atom. The van der Waals surface area contributed by atoms with Crippen molar-refractivity contribution in [3.63, 3.8) is 0 Å². The number of hydrogen-bond acceptors (Lipinski definition) is 3. The molecule has 0 bridgehead atoms. The molecule has 1 N–H and O–H groups in total. The lowest BCUT2D eigenvalue weighted by atomic mass is 10.2. The van der Waals surface area contributed by atoms with E-state index < -0.39 is 0 Å². The first-order valence-electron chi connectivity index (χ1n) is 7.40. The Labute approximate surface area is 130 Å². The molecule has 0 aliphatic carbocycles. The third-order valence-corrected chi connectivity index (χ3v) is 4.14. The Hall–Kier alpha value is -1.36. The van der Waals surface area contributed by atoms with Crippen LogP contribution in [-0.4, -0.2) is 39.0 Å². The Morgan fingerprint density at radius 3 is 3.05 bits per heavy atom. The maximum Gasteiger partial charge on any atom is 0.0660 e. The van der Waals surface area contributed by atoms with Gasteiger partial charge in [-0.25, -0.2) is 4.68 Å². The van der Waals surface area contributed by atoms with Gasteiger partial charge in [-0.3, -0.25) is 4.90 Å². The van der Waals surface area contributed by atoms with Gasteiger partial charge in [-0.15, -0.1) is 0 Å². The molecule has 1 saturated heterocycles. The molecule has 0 unspecified atom stereocenters. The number of rotatable bonds is 3. The van der Waals surface area contributed by atoms with Crippen molar-refractivity contribution in [2.24, 2.45) is 0 Å². The number of benzene rings is 1. The second-order valence-electron chi connectivity index (χ2n) is 5.63. The maximum absolute atomic E-state index is 9.70. The van der Waals surface area contributed by atoms with Crippen molar-refractivity contribution in [2.75, 3.05) is 13.1 Å². The van der Waals surface area contributed by atoms with E-state index in [1.54, 1.807) is 0 Å². The van der Waals surface area contributed by atoms with E-state index in [1.165, 1.54) is 5.56 Å². The molecule has 5 heteroatoms. The Balaban J connectivity index is 1.67. The molecule has 3 rings (SSSR count). The lowest BCUT2D eigenvalue weighted by molar-refractivity contribution is 0.154. The monoisotopic (exact) mass is 305 g/mol. The van der Waals surface area contributed by atoms with Gasteiger partial charge in [-0.2, -0.15) is 5.10 Å². The zero-order valence-electron chi connectivity index (χ0n) is 12.0. The van der Waals surface area contributed by atoms with Gasteiger partial charge < -0.3 is 5.11 Å². The van der Waals surface area contributed by atoms with E-state index in [0.29, 0.717) is 5.02 Å². The van der Waals surface area contributed by atoms with Crippen molar-refractivity contribution in [3.8, 4) is 5.69 Å². The van der Waals surface area contributed by atoms with Crippen molar-refractivity contribution < 1.29 is 5.11 Å². The molecule has 21 heavy (non-hydrogen) atoms. The van der Waals surface area contributed by atoms with Crippen molar-refractivity contribution in [2.45, 2.75) is 31.9 Å². The van der Waals surface area contributed by atoms with Crippen LogP contribution < -0.4 is 0 Å². The standard InChI is InChI=1S/C16H20ClN3O/c17-14-3-1-4-15(9-14)20-12-13(10-18-20)11-19-7-2-5-16(21)6-8-19/h1,3-4,9-10,12,16,21H,2,5-8,11H2/t16-/m1/s1. The molecule has 0 radical (unpaired) electrons. The highest BCUT2D eigenvalue weighted by molar-refractivity contribution is 6.30. The number of aliphatic hydroxyl groups is 1. The summed E-state index contributed by atoms with van der Waals surface area (Å²) >= 11 is 6.02. The fourth-order valence-corrected chi connectivity index (χ4v) is 2.94. The smallest absolute Gasteiger partial charge is 0.0660 e. The van der Waals surface area contributed by atoms with Gasteiger partial charge in [0.25, 0.3) is 0 Å². The van der Waals surface area contributed by atoms with Gasteiger partial charge in [0.15, 0.2) is 0 Å². The minimum Gasteiger partial charge on any atom is -0.393 e. The molecule has 1 aromatic heterocycles. The Morgan fingerprint density at radius 1 is 1.29 bits per heavy atom. The molecule has 112 valence electrons. The molecule has 1 fully saturated rings. The van der Waals surface area contributed by atoms with E-state index in [2.05, 4.69) is 10.00 Å². The van der Waals surface area contributed by atoms with Crippen LogP contribution in [0, 0.1) is 0 Å². The van der Waals surface area contributed by atoms with Gasteiger partial charge in [0.1, 0.15) is 0 Å². The number of aromatic nitrogens is 2. The Kier molecular flexibility index (Phi) is 4.58. The summed E-state index contributed by atoms with van der Waals surface area (Å²) in [5.41, 5.74) is 2.16. The normalized spacial score (nSPS) is 20.4. The van der Waals surface area contributed by atoms with Crippen LogP contribution in [0.1, 0.15) is 24.8 Å². The number of hydrogen-bond donors (Lipinski definition) is 1. The van der Waals surface area contributed by atoms with Crippen molar-refractivity contribution in [1.29, 1.82) is 0 Å². The van der Waals surface area contributed by atoms with Gasteiger partial charge >= 0.3 is 0 Å². The van der Waals surface area contributed by atoms with Crippen LogP contribution in [0.25, 0.3) is 5.69 Å². The molecule has 2 heterocycles. The molecule has 1 aliphatic heterocycles. The second-order valence-corrected chi connectivity index (χ2v) is 6.07. The van der Waals surface area contributed by atoms with Crippen molar-refractivity contribution in [3.05, 3.63) is 47.2 Å². The molecule has 1 aromatic carbocycles. The lowest BCUT2D eigenvalue weighted by Crippen LogP contribution is -2.24. The van der Waals surface area contributed by atoms with E-state index in [1.807, 2.05) is 41.3 Å². The second kappa shape index (κ2) is 6.60. The molecular formula is C16H20ClN3O. The predicted octanol–water partition coefficient (Wildman–Crippen LogP) is 2.87. The number of aliphatic hydroxyl groups excluding tert-OH is 1. The van der Waals surface area contributed by atoms with E-state index in [9.17, 15) is 5.11 Å². The Bertz CT molecular complexity index is 599. The first-order valence-corrected chi connectivity index (χ1v) is 7.78. The van der Waals surface area contributed by atoms with Crippen molar-refractivity contribution >= 4 is 11.6 Å². The van der Waals surface area contributed by atoms with Crippen LogP contribution in [0.4, 0.5) is 0 Å². The number of likely N-dealkylation sites (tertiary alicyclic amines) is 1. The maximum atomic E-state index is 9.70. The molecule has 1 atom stereocenters. The van der Waals surface area contributed by atoms with Gasteiger partial charge in [-0.1, -0.05) is 17.7 Å². The van der Waals surface area contributed by atoms with E-state index in [0.717, 1.165) is 44.6 Å². The van der Waals surface area contributed by atoms with Crippen LogP contribution in [0.5, 0.6) is 0 Å². The van der Waals surface area contributed by atoms with Gasteiger partial charge in [-0.05, 0) is 44.0 Å². The van der Waals surface area contributed by atoms with E-state index in [4.69, 9.17) is 11.6 Å². The van der Waals surface area contributed by atoms with Crippen LogP contribution >= 0.6 is 11.6 Å². The van der Waals surface area contributed by atoms with Crippen molar-refractivity contribution in [1.82, 2.24) is 14.7 Å². The van der Waals surface area contributed by atoms with Gasteiger partial charge in [0.2, 0.25) is 0 Å². The third-order valence-electron chi connectivity index (χ3n) is 3.91. The molecule has 0 saturated carbocycles. The average molecular weight is 306 g/mol. The summed E-state index contributed by atoms with van der Waals surface area (Å²) in [5.74, 6) is 0. The highest BCUT2D eigenvalue weighted by Gasteiger charge is 2.15. The van der Waals surface area contributed by atoms with Gasteiger partial charge in [0.05, 0.1) is 18.0 Å². The molecule has 1 aliphatic rings. The van der Waals surface area contributed by atoms with E-state index >= 15 is 0 Å². The van der Waals surface area contributed by atoms with Crippen LogP contribution in [-0.2, 0) is 6.54 Å². The summed E-state index contributed by atoms with van der Waals surface area (Å²) in [5, 5.41) is 14.8. The predicted molar refractivity (Wildman–Crippen MR) is 83.7 cm³/mol. The highest BCUT2D eigenvalue weighted by Crippen LogP contribution is 2.17. The summed E-state index contributed by atoms with van der Waals surface area (Å²) < 4.78 is 1.86. The topological polar surface area (TPSA) is 41.3 Å². The fourth-order valence-electron chi connectivity index (χ4n) is 2.76. The molecular weight excluding hydrogens is 286 g/mol. The van der Waals surface area contributed by atoms with Crippen LogP contribution in [0.2, 0.25) is 5.02 Å². The highest BCUT2D eigenvalue weighted by atomic mass is 35.5. The van der Waals surface area contributed by atoms with Crippen LogP contribution in [0.3, 0.4) is 0 Å². The molecule has 2 aromatic rings. The molecule has 4 nitrogen and oxygen atoms in total. The number of nitrogens with zero attached hydrogens (tertiary/aromatic N) is 3. The third kappa shape index (κ3) is 3.84. The zero-order chi connectivity index (χ0) is 14.7. The minimum atomic E-state index is -0.135. The molecule has 0 spiro atoms. The summed E-state index contributed by atoms with van der Waals surface area (Å²) in [6, 6.07) is 7.68.